The Labute approximate surface area is 112 Å². The molecule has 0 aliphatic rings. The van der Waals surface area contributed by atoms with Gasteiger partial charge in [0.05, 0.1) is 10.7 Å². The molecule has 0 radical (unpaired) electrons. The highest BCUT2D eigenvalue weighted by Gasteiger charge is 2.19. The van der Waals surface area contributed by atoms with Crippen LogP contribution < -0.4 is 10.4 Å². The van der Waals surface area contributed by atoms with Gasteiger partial charge < -0.3 is 9.94 Å². The lowest BCUT2D eigenvalue weighted by atomic mass is 10.3. The van der Waals surface area contributed by atoms with E-state index in [0.29, 0.717) is 10.1 Å². The third-order valence-corrected chi connectivity index (χ3v) is 2.87. The van der Waals surface area contributed by atoms with Gasteiger partial charge in [-0.05, 0) is 29.6 Å². The van der Waals surface area contributed by atoms with Crippen LogP contribution >= 0.6 is 11.3 Å². The molecule has 6 nitrogen and oxygen atoms in total. The van der Waals surface area contributed by atoms with Gasteiger partial charge in [-0.2, -0.15) is 0 Å². The second kappa shape index (κ2) is 5.87. The first-order valence-corrected chi connectivity index (χ1v) is 6.15. The van der Waals surface area contributed by atoms with Gasteiger partial charge in [0.25, 0.3) is 0 Å². The second-order valence-corrected chi connectivity index (χ2v) is 4.34. The number of amides is 2. The standard InChI is InChI=1S/C12H10N2O4S/c15-11(13-10-7-4-8-19-10)18-14(12(16)17)9-5-2-1-3-6-9/h1-8H,(H,13,15)(H,16,17). The number of carboxylic acid groups (broad SMARTS) is 1. The van der Waals surface area contributed by atoms with E-state index in [0.717, 1.165) is 0 Å². The van der Waals surface area contributed by atoms with Crippen LogP contribution in [0, 0.1) is 0 Å². The average molecular weight is 278 g/mol. The lowest BCUT2D eigenvalue weighted by Crippen LogP contribution is -2.34. The molecule has 2 N–H and O–H groups in total. The van der Waals surface area contributed by atoms with Crippen molar-refractivity contribution in [1.82, 2.24) is 0 Å². The first-order chi connectivity index (χ1) is 9.16. The van der Waals surface area contributed by atoms with E-state index in [1.807, 2.05) is 0 Å². The van der Waals surface area contributed by atoms with Crippen LogP contribution in [0.1, 0.15) is 0 Å². The van der Waals surface area contributed by atoms with E-state index in [4.69, 9.17) is 9.94 Å². The Morgan fingerprint density at radius 2 is 1.89 bits per heavy atom. The van der Waals surface area contributed by atoms with Crippen LogP contribution in [-0.2, 0) is 4.84 Å². The van der Waals surface area contributed by atoms with Gasteiger partial charge in [0.1, 0.15) is 0 Å². The Hall–Kier alpha value is -2.54. The Morgan fingerprint density at radius 1 is 1.16 bits per heavy atom. The number of hydroxylamine groups is 1. The molecule has 0 spiro atoms. The van der Waals surface area contributed by atoms with Crippen molar-refractivity contribution in [2.45, 2.75) is 0 Å². The molecular formula is C12H10N2O4S. The number of carbonyl (C=O) groups excluding carboxylic acids is 1. The number of thiophene rings is 1. The summed E-state index contributed by atoms with van der Waals surface area (Å²) in [5.41, 5.74) is 0.247. The SMILES string of the molecule is O=C(Nc1cccs1)ON(C(=O)O)c1ccccc1. The third-order valence-electron chi connectivity index (χ3n) is 2.09. The maximum atomic E-state index is 11.6. The van der Waals surface area contributed by atoms with Crippen molar-refractivity contribution >= 4 is 34.2 Å². The Bertz CT molecular complexity index is 556. The summed E-state index contributed by atoms with van der Waals surface area (Å²) in [7, 11) is 0. The smallest absolute Gasteiger partial charge is 0.445 e. The molecule has 2 rings (SSSR count). The van der Waals surface area contributed by atoms with Gasteiger partial charge in [0.2, 0.25) is 0 Å². The number of hydrogen-bond donors (Lipinski definition) is 2. The van der Waals surface area contributed by atoms with E-state index in [-0.39, 0.29) is 5.69 Å². The summed E-state index contributed by atoms with van der Waals surface area (Å²) in [4.78, 5) is 27.4. The molecule has 0 unspecified atom stereocenters. The van der Waals surface area contributed by atoms with Gasteiger partial charge in [-0.15, -0.1) is 16.4 Å². The van der Waals surface area contributed by atoms with Gasteiger partial charge >= 0.3 is 12.2 Å². The first-order valence-electron chi connectivity index (χ1n) is 5.27. The molecule has 1 aromatic carbocycles. The van der Waals surface area contributed by atoms with E-state index in [1.54, 1.807) is 35.7 Å². The average Bonchev–Trinajstić information content (AvgIpc) is 2.89. The summed E-state index contributed by atoms with van der Waals surface area (Å²) in [5, 5.41) is 14.3. The van der Waals surface area contributed by atoms with Crippen molar-refractivity contribution in [2.24, 2.45) is 0 Å². The molecule has 1 aromatic heterocycles. The Balaban J connectivity index is 2.05. The molecule has 0 saturated heterocycles. The van der Waals surface area contributed by atoms with Crippen LogP contribution in [0.4, 0.5) is 20.3 Å². The van der Waals surface area contributed by atoms with Crippen molar-refractivity contribution < 1.29 is 19.5 Å². The molecule has 1 heterocycles. The number of para-hydroxylation sites is 1. The summed E-state index contributed by atoms with van der Waals surface area (Å²) < 4.78 is 0. The molecule has 0 aliphatic heterocycles. The van der Waals surface area contributed by atoms with E-state index >= 15 is 0 Å². The fraction of sp³-hybridized carbons (Fsp3) is 0. The quantitative estimate of drug-likeness (QED) is 0.825. The lowest BCUT2D eigenvalue weighted by Gasteiger charge is -2.17. The van der Waals surface area contributed by atoms with Crippen LogP contribution in [0.15, 0.2) is 47.8 Å². The molecule has 0 aliphatic carbocycles. The van der Waals surface area contributed by atoms with Crippen molar-refractivity contribution in [3.05, 3.63) is 47.8 Å². The summed E-state index contributed by atoms with van der Waals surface area (Å²) in [5.74, 6) is 0. The Morgan fingerprint density at radius 3 is 2.47 bits per heavy atom. The summed E-state index contributed by atoms with van der Waals surface area (Å²) >= 11 is 1.30. The van der Waals surface area contributed by atoms with E-state index in [1.165, 1.54) is 23.5 Å². The Kier molecular flexibility index (Phi) is 3.99. The van der Waals surface area contributed by atoms with Crippen molar-refractivity contribution in [3.8, 4) is 0 Å². The number of nitrogens with one attached hydrogen (secondary N) is 1. The number of carbonyl (C=O) groups is 2. The highest BCUT2D eigenvalue weighted by Crippen LogP contribution is 2.17. The fourth-order valence-corrected chi connectivity index (χ4v) is 1.92. The zero-order chi connectivity index (χ0) is 13.7. The summed E-state index contributed by atoms with van der Waals surface area (Å²) in [6, 6.07) is 11.5. The number of anilines is 2. The first kappa shape index (κ1) is 12.9. The molecule has 7 heteroatoms. The number of hydrogen-bond acceptors (Lipinski definition) is 4. The highest BCUT2D eigenvalue weighted by molar-refractivity contribution is 7.14. The molecule has 2 aromatic rings. The highest BCUT2D eigenvalue weighted by atomic mass is 32.1. The molecular weight excluding hydrogens is 268 g/mol. The topological polar surface area (TPSA) is 78.9 Å². The van der Waals surface area contributed by atoms with E-state index < -0.39 is 12.2 Å². The largest absolute Gasteiger partial charge is 0.463 e. The van der Waals surface area contributed by atoms with Gasteiger partial charge in [0.15, 0.2) is 0 Å². The molecule has 0 atom stereocenters. The summed E-state index contributed by atoms with van der Waals surface area (Å²) in [6.45, 7) is 0. The minimum absolute atomic E-state index is 0.247. The zero-order valence-electron chi connectivity index (χ0n) is 9.65. The molecule has 98 valence electrons. The minimum atomic E-state index is -1.38. The predicted octanol–water partition coefficient (Wildman–Crippen LogP) is 3.40. The maximum Gasteiger partial charge on any atom is 0.445 e. The number of rotatable bonds is 2. The van der Waals surface area contributed by atoms with Gasteiger partial charge in [-0.25, -0.2) is 9.59 Å². The van der Waals surface area contributed by atoms with Gasteiger partial charge in [-0.3, -0.25) is 5.32 Å². The molecule has 0 saturated carbocycles. The van der Waals surface area contributed by atoms with E-state index in [9.17, 15) is 9.59 Å². The maximum absolute atomic E-state index is 11.6. The second-order valence-electron chi connectivity index (χ2n) is 3.39. The van der Waals surface area contributed by atoms with Crippen molar-refractivity contribution in [1.29, 1.82) is 0 Å². The minimum Gasteiger partial charge on any atom is -0.463 e. The molecule has 0 fully saturated rings. The van der Waals surface area contributed by atoms with Crippen molar-refractivity contribution in [2.75, 3.05) is 10.4 Å². The third kappa shape index (κ3) is 3.46. The predicted molar refractivity (Wildman–Crippen MR) is 71.4 cm³/mol. The van der Waals surface area contributed by atoms with E-state index in [2.05, 4.69) is 5.32 Å². The summed E-state index contributed by atoms with van der Waals surface area (Å²) in [6.07, 6.45) is -2.25. The van der Waals surface area contributed by atoms with Crippen LogP contribution in [0.3, 0.4) is 0 Å². The normalized spacial score (nSPS) is 9.68. The lowest BCUT2D eigenvalue weighted by molar-refractivity contribution is 0.128. The van der Waals surface area contributed by atoms with Gasteiger partial charge in [-0.1, -0.05) is 18.2 Å². The number of benzene rings is 1. The van der Waals surface area contributed by atoms with Crippen molar-refractivity contribution in [3.63, 3.8) is 0 Å². The zero-order valence-corrected chi connectivity index (χ0v) is 10.5. The monoisotopic (exact) mass is 278 g/mol. The molecule has 2 amide bonds. The molecule has 0 bridgehead atoms. The van der Waals surface area contributed by atoms with Crippen LogP contribution in [-0.4, -0.2) is 17.3 Å². The number of nitrogens with zero attached hydrogens (tertiary/aromatic N) is 1. The van der Waals surface area contributed by atoms with Crippen LogP contribution in [0.5, 0.6) is 0 Å². The molecule has 19 heavy (non-hydrogen) atoms. The fourth-order valence-electron chi connectivity index (χ4n) is 1.32. The van der Waals surface area contributed by atoms with Gasteiger partial charge in [0, 0.05) is 0 Å². The van der Waals surface area contributed by atoms with Crippen LogP contribution in [0.2, 0.25) is 0 Å². The van der Waals surface area contributed by atoms with Crippen LogP contribution in [0.25, 0.3) is 0 Å².